The Morgan fingerprint density at radius 2 is 2.18 bits per heavy atom. The molecule has 0 aliphatic rings. The van der Waals surface area contributed by atoms with E-state index in [4.69, 9.17) is 16.7 Å². The Bertz CT molecular complexity index is 420. The van der Waals surface area contributed by atoms with Crippen molar-refractivity contribution in [1.29, 1.82) is 0 Å². The van der Waals surface area contributed by atoms with Crippen LogP contribution in [-0.2, 0) is 9.59 Å². The first-order chi connectivity index (χ1) is 8.04. The van der Waals surface area contributed by atoms with E-state index < -0.39 is 12.0 Å². The van der Waals surface area contributed by atoms with Gasteiger partial charge in [0, 0.05) is 11.4 Å². The zero-order chi connectivity index (χ0) is 12.8. The molecule has 0 heterocycles. The van der Waals surface area contributed by atoms with Crippen LogP contribution < -0.4 is 5.32 Å². The Morgan fingerprint density at radius 3 is 2.71 bits per heavy atom. The molecule has 0 saturated carbocycles. The molecule has 1 rings (SSSR count). The topological polar surface area (TPSA) is 66.4 Å². The van der Waals surface area contributed by atoms with Gasteiger partial charge in [-0.2, -0.15) is 0 Å². The second kappa shape index (κ2) is 6.25. The van der Waals surface area contributed by atoms with Crippen molar-refractivity contribution in [3.8, 4) is 0 Å². The first-order valence-electron chi connectivity index (χ1n) is 5.32. The molecular formula is C12H14ClNO3. The number of hydrogen-bond donors (Lipinski definition) is 2. The summed E-state index contributed by atoms with van der Waals surface area (Å²) in [5.74, 6) is -1.38. The van der Waals surface area contributed by atoms with Crippen LogP contribution in [0.25, 0.3) is 0 Å². The number of rotatable bonds is 5. The minimum absolute atomic E-state index is 0.278. The van der Waals surface area contributed by atoms with E-state index in [1.807, 2.05) is 6.92 Å². The summed E-state index contributed by atoms with van der Waals surface area (Å²) < 4.78 is 0. The fraction of sp³-hybridized carbons (Fsp3) is 0.333. The lowest BCUT2D eigenvalue weighted by Gasteiger charge is -2.14. The summed E-state index contributed by atoms with van der Waals surface area (Å²) in [5, 5.41) is 12.0. The van der Waals surface area contributed by atoms with E-state index in [-0.39, 0.29) is 5.91 Å². The van der Waals surface area contributed by atoms with E-state index in [2.05, 4.69) is 5.32 Å². The Balaban J connectivity index is 2.86. The number of carbonyl (C=O) groups is 2. The van der Waals surface area contributed by atoms with Gasteiger partial charge in [-0.3, -0.25) is 4.79 Å². The van der Waals surface area contributed by atoms with Crippen molar-refractivity contribution in [2.45, 2.75) is 25.8 Å². The standard InChI is InChI=1S/C12H14ClNO3/c1-2-4-10(15)14-11(12(16)17)8-5-3-6-9(13)7-8/h3,5-7,11H,2,4H2,1H3,(H,14,15)(H,16,17). The smallest absolute Gasteiger partial charge is 0.330 e. The molecule has 0 aliphatic heterocycles. The number of carboxylic acids is 1. The zero-order valence-electron chi connectivity index (χ0n) is 9.44. The molecule has 0 fully saturated rings. The summed E-state index contributed by atoms with van der Waals surface area (Å²) in [7, 11) is 0. The fourth-order valence-electron chi connectivity index (χ4n) is 1.43. The van der Waals surface area contributed by atoms with Crippen molar-refractivity contribution in [1.82, 2.24) is 5.32 Å². The molecule has 1 unspecified atom stereocenters. The molecule has 17 heavy (non-hydrogen) atoms. The number of nitrogens with one attached hydrogen (secondary N) is 1. The molecule has 0 spiro atoms. The summed E-state index contributed by atoms with van der Waals surface area (Å²) in [6.45, 7) is 1.86. The number of benzene rings is 1. The molecule has 0 saturated heterocycles. The van der Waals surface area contributed by atoms with Crippen LogP contribution in [0.15, 0.2) is 24.3 Å². The molecule has 1 aromatic carbocycles. The molecule has 0 radical (unpaired) electrons. The van der Waals surface area contributed by atoms with Crippen molar-refractivity contribution < 1.29 is 14.7 Å². The maximum absolute atomic E-state index is 11.4. The van der Waals surface area contributed by atoms with Crippen molar-refractivity contribution >= 4 is 23.5 Å². The minimum atomic E-state index is -1.10. The van der Waals surface area contributed by atoms with Crippen molar-refractivity contribution in [3.63, 3.8) is 0 Å². The van der Waals surface area contributed by atoms with Crippen LogP contribution >= 0.6 is 11.6 Å². The van der Waals surface area contributed by atoms with Crippen LogP contribution in [0.5, 0.6) is 0 Å². The zero-order valence-corrected chi connectivity index (χ0v) is 10.2. The third kappa shape index (κ3) is 4.07. The van der Waals surface area contributed by atoms with Gasteiger partial charge in [-0.05, 0) is 24.1 Å². The highest BCUT2D eigenvalue weighted by Crippen LogP contribution is 2.18. The molecule has 1 aromatic rings. The van der Waals surface area contributed by atoms with Crippen LogP contribution in [0.1, 0.15) is 31.4 Å². The van der Waals surface area contributed by atoms with Crippen LogP contribution in [-0.4, -0.2) is 17.0 Å². The van der Waals surface area contributed by atoms with Gasteiger partial charge in [0.15, 0.2) is 6.04 Å². The van der Waals surface area contributed by atoms with Gasteiger partial charge < -0.3 is 10.4 Å². The van der Waals surface area contributed by atoms with Gasteiger partial charge >= 0.3 is 5.97 Å². The molecule has 2 N–H and O–H groups in total. The highest BCUT2D eigenvalue weighted by molar-refractivity contribution is 6.30. The van der Waals surface area contributed by atoms with Gasteiger partial charge in [-0.15, -0.1) is 0 Å². The summed E-state index contributed by atoms with van der Waals surface area (Å²) >= 11 is 5.79. The van der Waals surface area contributed by atoms with Gasteiger partial charge in [0.2, 0.25) is 5.91 Å². The van der Waals surface area contributed by atoms with Gasteiger partial charge in [0.1, 0.15) is 0 Å². The SMILES string of the molecule is CCCC(=O)NC(C(=O)O)c1cccc(Cl)c1. The average Bonchev–Trinajstić information content (AvgIpc) is 2.26. The number of halogens is 1. The van der Waals surface area contributed by atoms with E-state index in [1.165, 1.54) is 6.07 Å². The van der Waals surface area contributed by atoms with E-state index in [1.54, 1.807) is 18.2 Å². The summed E-state index contributed by atoms with van der Waals surface area (Å²) in [6.07, 6.45) is 0.984. The number of amides is 1. The predicted molar refractivity (Wildman–Crippen MR) is 64.9 cm³/mol. The summed E-state index contributed by atoms with van der Waals surface area (Å²) in [4.78, 5) is 22.5. The number of hydrogen-bond acceptors (Lipinski definition) is 2. The van der Waals surface area contributed by atoms with Crippen LogP contribution in [0, 0.1) is 0 Å². The molecule has 0 bridgehead atoms. The molecule has 4 nitrogen and oxygen atoms in total. The van der Waals surface area contributed by atoms with Gasteiger partial charge in [-0.1, -0.05) is 30.7 Å². The summed E-state index contributed by atoms with van der Waals surface area (Å²) in [5.41, 5.74) is 0.467. The Hall–Kier alpha value is -1.55. The lowest BCUT2D eigenvalue weighted by molar-refractivity contribution is -0.142. The first-order valence-corrected chi connectivity index (χ1v) is 5.70. The Morgan fingerprint density at radius 1 is 1.47 bits per heavy atom. The quantitative estimate of drug-likeness (QED) is 0.849. The molecule has 92 valence electrons. The maximum atomic E-state index is 11.4. The van der Waals surface area contributed by atoms with Gasteiger partial charge in [0.05, 0.1) is 0 Å². The third-order valence-corrected chi connectivity index (χ3v) is 2.45. The number of aliphatic carboxylic acids is 1. The van der Waals surface area contributed by atoms with E-state index in [0.29, 0.717) is 23.4 Å². The third-order valence-electron chi connectivity index (χ3n) is 2.21. The second-order valence-corrected chi connectivity index (χ2v) is 4.08. The second-order valence-electron chi connectivity index (χ2n) is 3.64. The predicted octanol–water partition coefficient (Wildman–Crippen LogP) is 2.38. The van der Waals surface area contributed by atoms with E-state index >= 15 is 0 Å². The summed E-state index contributed by atoms with van der Waals surface area (Å²) in [6, 6.07) is 5.41. The average molecular weight is 256 g/mol. The van der Waals surface area contributed by atoms with Crippen molar-refractivity contribution in [2.24, 2.45) is 0 Å². The van der Waals surface area contributed by atoms with Gasteiger partial charge in [-0.25, -0.2) is 4.79 Å². The Labute approximate surface area is 105 Å². The van der Waals surface area contributed by atoms with Crippen LogP contribution in [0.2, 0.25) is 5.02 Å². The molecular weight excluding hydrogens is 242 g/mol. The molecule has 1 atom stereocenters. The van der Waals surface area contributed by atoms with Crippen LogP contribution in [0.4, 0.5) is 0 Å². The normalized spacial score (nSPS) is 11.9. The highest BCUT2D eigenvalue weighted by atomic mass is 35.5. The largest absolute Gasteiger partial charge is 0.479 e. The lowest BCUT2D eigenvalue weighted by atomic mass is 10.1. The van der Waals surface area contributed by atoms with E-state index in [9.17, 15) is 9.59 Å². The Kier molecular flexibility index (Phi) is 4.97. The highest BCUT2D eigenvalue weighted by Gasteiger charge is 2.21. The minimum Gasteiger partial charge on any atom is -0.479 e. The first kappa shape index (κ1) is 13.5. The van der Waals surface area contributed by atoms with Crippen molar-refractivity contribution in [2.75, 3.05) is 0 Å². The van der Waals surface area contributed by atoms with Crippen molar-refractivity contribution in [3.05, 3.63) is 34.9 Å². The monoisotopic (exact) mass is 255 g/mol. The number of carbonyl (C=O) groups excluding carboxylic acids is 1. The van der Waals surface area contributed by atoms with Crippen LogP contribution in [0.3, 0.4) is 0 Å². The molecule has 1 amide bonds. The molecule has 0 aromatic heterocycles. The fourth-order valence-corrected chi connectivity index (χ4v) is 1.63. The van der Waals surface area contributed by atoms with E-state index in [0.717, 1.165) is 0 Å². The lowest BCUT2D eigenvalue weighted by Crippen LogP contribution is -2.33. The maximum Gasteiger partial charge on any atom is 0.330 e. The molecule has 5 heteroatoms. The molecule has 0 aliphatic carbocycles. The van der Waals surface area contributed by atoms with Gasteiger partial charge in [0.25, 0.3) is 0 Å². The number of carboxylic acid groups (broad SMARTS) is 1.